The molecule has 0 aliphatic carbocycles. The highest BCUT2D eigenvalue weighted by Gasteiger charge is 2.31. The van der Waals surface area contributed by atoms with Gasteiger partial charge in [0.25, 0.3) is 0 Å². The fourth-order valence-corrected chi connectivity index (χ4v) is 5.70. The zero-order valence-electron chi connectivity index (χ0n) is 16.9. The number of halogens is 1. The minimum Gasteiger partial charge on any atom is -0.493 e. The molecule has 1 amide bonds. The van der Waals surface area contributed by atoms with Crippen molar-refractivity contribution < 1.29 is 14.3 Å². The van der Waals surface area contributed by atoms with Crippen LogP contribution in [0.5, 0.6) is 11.5 Å². The van der Waals surface area contributed by atoms with Crippen molar-refractivity contribution in [2.75, 3.05) is 66.3 Å². The Morgan fingerprint density at radius 3 is 2.46 bits per heavy atom. The van der Waals surface area contributed by atoms with Crippen LogP contribution in [0.2, 0.25) is 0 Å². The number of methoxy groups -OCH3 is 2. The highest BCUT2D eigenvalue weighted by molar-refractivity contribution is 9.10. The summed E-state index contributed by atoms with van der Waals surface area (Å²) in [5.41, 5.74) is 1.07. The summed E-state index contributed by atoms with van der Waals surface area (Å²) in [6.07, 6.45) is 1.61. The van der Waals surface area contributed by atoms with Gasteiger partial charge in [0.05, 0.1) is 14.2 Å². The van der Waals surface area contributed by atoms with E-state index in [9.17, 15) is 4.79 Å². The van der Waals surface area contributed by atoms with Crippen molar-refractivity contribution in [3.05, 3.63) is 22.2 Å². The van der Waals surface area contributed by atoms with Gasteiger partial charge < -0.3 is 24.2 Å². The SMILES string of the molecule is COc1cc(Br)c(C2SCCC(=O)N2CCCN2CCN(C)CC2)cc1OC. The van der Waals surface area contributed by atoms with Gasteiger partial charge in [-0.2, -0.15) is 0 Å². The third-order valence-electron chi connectivity index (χ3n) is 5.43. The Morgan fingerprint density at radius 1 is 1.11 bits per heavy atom. The van der Waals surface area contributed by atoms with Crippen molar-refractivity contribution in [2.45, 2.75) is 18.2 Å². The molecule has 0 saturated carbocycles. The van der Waals surface area contributed by atoms with Crippen LogP contribution in [0.4, 0.5) is 0 Å². The average molecular weight is 472 g/mol. The van der Waals surface area contributed by atoms with Crippen molar-refractivity contribution in [3.8, 4) is 11.5 Å². The Labute approximate surface area is 180 Å². The summed E-state index contributed by atoms with van der Waals surface area (Å²) in [6, 6.07) is 3.92. The Morgan fingerprint density at radius 2 is 1.79 bits per heavy atom. The molecule has 3 rings (SSSR count). The predicted octanol–water partition coefficient (Wildman–Crippen LogP) is 3.07. The summed E-state index contributed by atoms with van der Waals surface area (Å²) in [5, 5.41) is 0.00270. The number of hydrogen-bond donors (Lipinski definition) is 0. The van der Waals surface area contributed by atoms with Crippen molar-refractivity contribution in [1.82, 2.24) is 14.7 Å². The molecule has 2 heterocycles. The van der Waals surface area contributed by atoms with E-state index in [1.54, 1.807) is 14.2 Å². The second-order valence-electron chi connectivity index (χ2n) is 7.29. The van der Waals surface area contributed by atoms with Crippen LogP contribution in [0.3, 0.4) is 0 Å². The van der Waals surface area contributed by atoms with Crippen LogP contribution in [0.25, 0.3) is 0 Å². The van der Waals surface area contributed by atoms with Gasteiger partial charge >= 0.3 is 0 Å². The van der Waals surface area contributed by atoms with Gasteiger partial charge in [-0.15, -0.1) is 11.8 Å². The molecule has 8 heteroatoms. The smallest absolute Gasteiger partial charge is 0.224 e. The lowest BCUT2D eigenvalue weighted by Crippen LogP contribution is -2.45. The maximum absolute atomic E-state index is 12.7. The van der Waals surface area contributed by atoms with E-state index >= 15 is 0 Å². The molecular formula is C20H30BrN3O3S. The minimum absolute atomic E-state index is 0.00270. The number of ether oxygens (including phenoxy) is 2. The molecular weight excluding hydrogens is 442 g/mol. The maximum Gasteiger partial charge on any atom is 0.224 e. The first-order chi connectivity index (χ1) is 13.5. The minimum atomic E-state index is 0.00270. The molecule has 1 aromatic carbocycles. The first kappa shape index (κ1) is 21.7. The first-order valence-corrected chi connectivity index (χ1v) is 11.6. The summed E-state index contributed by atoms with van der Waals surface area (Å²) >= 11 is 5.49. The molecule has 0 N–H and O–H groups in total. The molecule has 156 valence electrons. The van der Waals surface area contributed by atoms with Gasteiger partial charge in [0.2, 0.25) is 5.91 Å². The third-order valence-corrected chi connectivity index (χ3v) is 7.38. The van der Waals surface area contributed by atoms with E-state index in [1.807, 2.05) is 28.8 Å². The topological polar surface area (TPSA) is 45.2 Å². The second-order valence-corrected chi connectivity index (χ2v) is 9.33. The monoisotopic (exact) mass is 471 g/mol. The number of thioether (sulfide) groups is 1. The molecule has 0 bridgehead atoms. The van der Waals surface area contributed by atoms with E-state index in [-0.39, 0.29) is 11.3 Å². The fraction of sp³-hybridized carbons (Fsp3) is 0.650. The number of benzene rings is 1. The largest absolute Gasteiger partial charge is 0.493 e. The molecule has 2 saturated heterocycles. The van der Waals surface area contributed by atoms with Crippen molar-refractivity contribution in [2.24, 2.45) is 0 Å². The highest BCUT2D eigenvalue weighted by atomic mass is 79.9. The van der Waals surface area contributed by atoms with Gasteiger partial charge in [-0.3, -0.25) is 4.79 Å². The lowest BCUT2D eigenvalue weighted by molar-refractivity contribution is -0.132. The third kappa shape index (κ3) is 5.14. The lowest BCUT2D eigenvalue weighted by Gasteiger charge is -2.37. The van der Waals surface area contributed by atoms with Gasteiger partial charge in [-0.05, 0) is 32.1 Å². The molecule has 2 aliphatic heterocycles. The Kier molecular flexibility index (Phi) is 7.91. The Balaban J connectivity index is 1.69. The van der Waals surface area contributed by atoms with E-state index in [4.69, 9.17) is 9.47 Å². The summed E-state index contributed by atoms with van der Waals surface area (Å²) in [5.74, 6) is 2.46. The molecule has 2 fully saturated rings. The summed E-state index contributed by atoms with van der Waals surface area (Å²) in [6.45, 7) is 6.30. The van der Waals surface area contributed by atoms with Crippen LogP contribution in [-0.4, -0.2) is 86.9 Å². The van der Waals surface area contributed by atoms with Gasteiger partial charge in [0.1, 0.15) is 5.37 Å². The molecule has 6 nitrogen and oxygen atoms in total. The zero-order valence-corrected chi connectivity index (χ0v) is 19.4. The van der Waals surface area contributed by atoms with E-state index < -0.39 is 0 Å². The van der Waals surface area contributed by atoms with E-state index in [0.29, 0.717) is 17.9 Å². The van der Waals surface area contributed by atoms with Crippen molar-refractivity contribution in [3.63, 3.8) is 0 Å². The van der Waals surface area contributed by atoms with Crippen LogP contribution >= 0.6 is 27.7 Å². The molecule has 1 aromatic rings. The molecule has 28 heavy (non-hydrogen) atoms. The predicted molar refractivity (Wildman–Crippen MR) is 117 cm³/mol. The summed E-state index contributed by atoms with van der Waals surface area (Å²) < 4.78 is 11.8. The molecule has 0 spiro atoms. The number of nitrogens with zero attached hydrogens (tertiary/aromatic N) is 3. The number of piperazine rings is 1. The highest BCUT2D eigenvalue weighted by Crippen LogP contribution is 2.44. The number of amides is 1. The first-order valence-electron chi connectivity index (χ1n) is 9.77. The zero-order chi connectivity index (χ0) is 20.1. The number of likely N-dealkylation sites (N-methyl/N-ethyl adjacent to an activating group) is 1. The summed E-state index contributed by atoms with van der Waals surface area (Å²) in [4.78, 5) is 19.6. The Hall–Kier alpha value is -0.960. The fourth-order valence-electron chi connectivity index (χ4n) is 3.72. The standard InChI is InChI=1S/C20H30BrN3O3S/c1-22-8-10-23(11-9-22)6-4-7-24-19(25)5-12-28-20(24)15-13-17(26-2)18(27-3)14-16(15)21/h13-14,20H,4-12H2,1-3H3. The summed E-state index contributed by atoms with van der Waals surface area (Å²) in [7, 11) is 5.45. The molecule has 0 aromatic heterocycles. The normalized spacial score (nSPS) is 21.8. The lowest BCUT2D eigenvalue weighted by atomic mass is 10.1. The molecule has 1 atom stereocenters. The Bertz CT molecular complexity index is 683. The number of carbonyl (C=O) groups is 1. The second kappa shape index (κ2) is 10.2. The maximum atomic E-state index is 12.7. The number of rotatable bonds is 7. The average Bonchev–Trinajstić information content (AvgIpc) is 2.70. The quantitative estimate of drug-likeness (QED) is 0.608. The van der Waals surface area contributed by atoms with Crippen molar-refractivity contribution >= 4 is 33.6 Å². The molecule has 0 radical (unpaired) electrons. The van der Waals surface area contributed by atoms with Crippen LogP contribution in [0.1, 0.15) is 23.8 Å². The van der Waals surface area contributed by atoms with E-state index in [2.05, 4.69) is 32.8 Å². The van der Waals surface area contributed by atoms with Gasteiger partial charge in [0.15, 0.2) is 11.5 Å². The van der Waals surface area contributed by atoms with Crippen LogP contribution in [0.15, 0.2) is 16.6 Å². The van der Waals surface area contributed by atoms with E-state index in [1.165, 1.54) is 0 Å². The molecule has 1 unspecified atom stereocenters. The van der Waals surface area contributed by atoms with Crippen LogP contribution in [0, 0.1) is 0 Å². The van der Waals surface area contributed by atoms with Gasteiger partial charge in [0, 0.05) is 54.9 Å². The molecule has 2 aliphatic rings. The van der Waals surface area contributed by atoms with Crippen molar-refractivity contribution in [1.29, 1.82) is 0 Å². The van der Waals surface area contributed by atoms with Crippen LogP contribution < -0.4 is 9.47 Å². The van der Waals surface area contributed by atoms with Crippen LogP contribution in [-0.2, 0) is 4.79 Å². The van der Waals surface area contributed by atoms with E-state index in [0.717, 1.165) is 61.5 Å². The van der Waals surface area contributed by atoms with Gasteiger partial charge in [-0.25, -0.2) is 0 Å². The number of carbonyl (C=O) groups excluding carboxylic acids is 1. The number of hydrogen-bond acceptors (Lipinski definition) is 6. The van der Waals surface area contributed by atoms with Gasteiger partial charge in [-0.1, -0.05) is 15.9 Å².